The molecule has 2 fully saturated rings. The van der Waals surface area contributed by atoms with Crippen LogP contribution in [0.5, 0.6) is 5.75 Å². The van der Waals surface area contributed by atoms with Gasteiger partial charge in [0, 0.05) is 25.1 Å². The van der Waals surface area contributed by atoms with Crippen LogP contribution in [0.2, 0.25) is 0 Å². The molecule has 1 amide bonds. The SMILES string of the molecule is Cl.NCCCOc1ccc(C(=O)Cc2ccc(-c3ccccc3)cc2)cc1NC(=O)C1(N2CCOCC2)CC1. The van der Waals surface area contributed by atoms with Gasteiger partial charge in [-0.25, -0.2) is 0 Å². The van der Waals surface area contributed by atoms with E-state index in [1.54, 1.807) is 18.2 Å². The van der Waals surface area contributed by atoms with Crippen LogP contribution >= 0.6 is 12.4 Å². The number of Topliss-reactive ketones (excluding diaryl/α,β-unsaturated/α-hetero) is 1. The Labute approximate surface area is 236 Å². The van der Waals surface area contributed by atoms with Crippen LogP contribution in [0.4, 0.5) is 5.69 Å². The van der Waals surface area contributed by atoms with E-state index in [0.29, 0.717) is 49.8 Å². The second kappa shape index (κ2) is 13.2. The van der Waals surface area contributed by atoms with E-state index in [1.807, 2.05) is 42.5 Å². The first kappa shape index (κ1) is 28.8. The molecule has 0 spiro atoms. The number of nitrogens with two attached hydrogens (primary N) is 1. The number of benzene rings is 3. The number of carbonyl (C=O) groups is 2. The molecule has 1 aliphatic carbocycles. The molecule has 1 saturated heterocycles. The van der Waals surface area contributed by atoms with Crippen molar-refractivity contribution in [2.24, 2.45) is 5.73 Å². The van der Waals surface area contributed by atoms with Gasteiger partial charge in [0.2, 0.25) is 5.91 Å². The van der Waals surface area contributed by atoms with Gasteiger partial charge in [-0.15, -0.1) is 12.4 Å². The van der Waals surface area contributed by atoms with Gasteiger partial charge in [0.1, 0.15) is 11.3 Å². The lowest BCUT2D eigenvalue weighted by molar-refractivity contribution is -0.124. The van der Waals surface area contributed by atoms with Crippen molar-refractivity contribution in [3.05, 3.63) is 83.9 Å². The fourth-order valence-electron chi connectivity index (χ4n) is 4.96. The number of nitrogens with one attached hydrogen (secondary N) is 1. The third-order valence-corrected chi connectivity index (χ3v) is 7.34. The minimum atomic E-state index is -0.501. The maximum Gasteiger partial charge on any atom is 0.245 e. The monoisotopic (exact) mass is 549 g/mol. The van der Waals surface area contributed by atoms with Crippen LogP contribution in [-0.4, -0.2) is 61.6 Å². The van der Waals surface area contributed by atoms with E-state index in [-0.39, 0.29) is 30.5 Å². The number of ether oxygens (including phenoxy) is 2. The molecule has 0 bridgehead atoms. The van der Waals surface area contributed by atoms with Crippen molar-refractivity contribution in [2.45, 2.75) is 31.2 Å². The Morgan fingerprint density at radius 2 is 1.64 bits per heavy atom. The third kappa shape index (κ3) is 6.86. The summed E-state index contributed by atoms with van der Waals surface area (Å²) < 4.78 is 11.4. The summed E-state index contributed by atoms with van der Waals surface area (Å²) in [5.74, 6) is 0.480. The zero-order chi connectivity index (χ0) is 26.4. The van der Waals surface area contributed by atoms with E-state index in [9.17, 15) is 9.59 Å². The zero-order valence-corrected chi connectivity index (χ0v) is 22.9. The number of ketones is 1. The predicted molar refractivity (Wildman–Crippen MR) is 156 cm³/mol. The topological polar surface area (TPSA) is 93.9 Å². The first-order valence-electron chi connectivity index (χ1n) is 13.4. The second-order valence-corrected chi connectivity index (χ2v) is 9.95. The van der Waals surface area contributed by atoms with E-state index in [4.69, 9.17) is 15.2 Å². The number of carbonyl (C=O) groups excluding carboxylic acids is 2. The van der Waals surface area contributed by atoms with Gasteiger partial charge >= 0.3 is 0 Å². The van der Waals surface area contributed by atoms with E-state index >= 15 is 0 Å². The van der Waals surface area contributed by atoms with Crippen LogP contribution in [0.1, 0.15) is 35.2 Å². The Balaban J connectivity index is 0.00000353. The summed E-state index contributed by atoms with van der Waals surface area (Å²) in [4.78, 5) is 28.9. The van der Waals surface area contributed by atoms with Gasteiger partial charge in [0.05, 0.1) is 25.5 Å². The maximum atomic E-state index is 13.4. The van der Waals surface area contributed by atoms with Crippen molar-refractivity contribution in [1.29, 1.82) is 0 Å². The van der Waals surface area contributed by atoms with Crippen LogP contribution in [-0.2, 0) is 16.0 Å². The van der Waals surface area contributed by atoms with Gasteiger partial charge in [0.15, 0.2) is 5.78 Å². The molecule has 0 atom stereocenters. The predicted octanol–water partition coefficient (Wildman–Crippen LogP) is 4.73. The molecule has 7 nitrogen and oxygen atoms in total. The van der Waals surface area contributed by atoms with Crippen molar-refractivity contribution in [3.63, 3.8) is 0 Å². The molecule has 2 aliphatic rings. The van der Waals surface area contributed by atoms with Crippen LogP contribution in [0.25, 0.3) is 11.1 Å². The number of hydrogen-bond acceptors (Lipinski definition) is 6. The molecule has 1 heterocycles. The molecule has 0 radical (unpaired) electrons. The molecule has 3 aromatic rings. The number of rotatable bonds is 11. The lowest BCUT2D eigenvalue weighted by Crippen LogP contribution is -2.51. The largest absolute Gasteiger partial charge is 0.491 e. The van der Waals surface area contributed by atoms with Crippen molar-refractivity contribution in [3.8, 4) is 16.9 Å². The van der Waals surface area contributed by atoms with Crippen LogP contribution < -0.4 is 15.8 Å². The summed E-state index contributed by atoms with van der Waals surface area (Å²) in [5.41, 5.74) is 9.38. The first-order valence-corrected chi connectivity index (χ1v) is 13.4. The highest BCUT2D eigenvalue weighted by molar-refractivity contribution is 6.03. The molecule has 39 heavy (non-hydrogen) atoms. The van der Waals surface area contributed by atoms with Crippen molar-refractivity contribution < 1.29 is 19.1 Å². The molecular formula is C31H36ClN3O4. The lowest BCUT2D eigenvalue weighted by Gasteiger charge is -2.34. The molecule has 0 aromatic heterocycles. The minimum Gasteiger partial charge on any atom is -0.491 e. The van der Waals surface area contributed by atoms with E-state index in [1.165, 1.54) is 0 Å². The van der Waals surface area contributed by atoms with Crippen LogP contribution in [0.3, 0.4) is 0 Å². The second-order valence-electron chi connectivity index (χ2n) is 9.95. The van der Waals surface area contributed by atoms with Gasteiger partial charge < -0.3 is 20.5 Å². The Morgan fingerprint density at radius 3 is 2.31 bits per heavy atom. The normalized spacial score (nSPS) is 16.1. The minimum absolute atomic E-state index is 0. The summed E-state index contributed by atoms with van der Waals surface area (Å²) in [6.07, 6.45) is 2.61. The van der Waals surface area contributed by atoms with Crippen LogP contribution in [0.15, 0.2) is 72.8 Å². The zero-order valence-electron chi connectivity index (χ0n) is 22.1. The Morgan fingerprint density at radius 1 is 0.949 bits per heavy atom. The third-order valence-electron chi connectivity index (χ3n) is 7.34. The summed E-state index contributed by atoms with van der Waals surface area (Å²) in [6.45, 7) is 3.72. The van der Waals surface area contributed by atoms with Crippen LogP contribution in [0, 0.1) is 0 Å². The quantitative estimate of drug-likeness (QED) is 0.265. The highest BCUT2D eigenvalue weighted by Gasteiger charge is 2.54. The molecule has 206 valence electrons. The number of hydrogen-bond donors (Lipinski definition) is 2. The Hall–Kier alpha value is -3.23. The summed E-state index contributed by atoms with van der Waals surface area (Å²) in [5, 5.41) is 3.09. The molecule has 0 unspecified atom stereocenters. The fraction of sp³-hybridized carbons (Fsp3) is 0.355. The van der Waals surface area contributed by atoms with Gasteiger partial charge in [-0.3, -0.25) is 14.5 Å². The average molecular weight is 550 g/mol. The van der Waals surface area contributed by atoms with E-state index < -0.39 is 5.54 Å². The fourth-order valence-corrected chi connectivity index (χ4v) is 4.96. The highest BCUT2D eigenvalue weighted by atomic mass is 35.5. The Bertz CT molecular complexity index is 1260. The molecule has 1 aliphatic heterocycles. The molecule has 3 N–H and O–H groups in total. The van der Waals surface area contributed by atoms with Gasteiger partial charge in [0.25, 0.3) is 0 Å². The van der Waals surface area contributed by atoms with E-state index in [0.717, 1.165) is 42.6 Å². The van der Waals surface area contributed by atoms with Gasteiger partial charge in [-0.2, -0.15) is 0 Å². The number of anilines is 1. The molecule has 3 aromatic carbocycles. The standard InChI is InChI=1S/C31H35N3O4.ClH/c32-15-4-18-38-29-12-11-26(22-27(29)33-30(36)31(13-14-31)34-16-19-37-20-17-34)28(35)21-23-7-9-25(10-8-23)24-5-2-1-3-6-24;/h1-3,5-12,22H,4,13-21,32H2,(H,33,36);1H. The van der Waals surface area contributed by atoms with Gasteiger partial charge in [-0.1, -0.05) is 54.6 Å². The smallest absolute Gasteiger partial charge is 0.245 e. The number of morpholine rings is 1. The van der Waals surface area contributed by atoms with Crippen molar-refractivity contribution in [2.75, 3.05) is 44.8 Å². The number of nitrogens with zero attached hydrogens (tertiary/aromatic N) is 1. The van der Waals surface area contributed by atoms with Crippen molar-refractivity contribution >= 4 is 29.8 Å². The lowest BCUT2D eigenvalue weighted by atomic mass is 9.99. The highest BCUT2D eigenvalue weighted by Crippen LogP contribution is 2.43. The number of amides is 1. The number of halogens is 1. The summed E-state index contributed by atoms with van der Waals surface area (Å²) in [6, 6.07) is 23.5. The summed E-state index contributed by atoms with van der Waals surface area (Å²) >= 11 is 0. The molecular weight excluding hydrogens is 514 g/mol. The molecule has 1 saturated carbocycles. The molecule has 5 rings (SSSR count). The van der Waals surface area contributed by atoms with Gasteiger partial charge in [-0.05, 0) is 60.7 Å². The first-order chi connectivity index (χ1) is 18.6. The molecule has 8 heteroatoms. The Kier molecular flexibility index (Phi) is 9.75. The summed E-state index contributed by atoms with van der Waals surface area (Å²) in [7, 11) is 0. The van der Waals surface area contributed by atoms with Crippen molar-refractivity contribution in [1.82, 2.24) is 4.90 Å². The average Bonchev–Trinajstić information content (AvgIpc) is 3.78. The van der Waals surface area contributed by atoms with E-state index in [2.05, 4.69) is 22.3 Å². The maximum absolute atomic E-state index is 13.4.